The Morgan fingerprint density at radius 1 is 1.29 bits per heavy atom. The SMILES string of the molecule is C=CCCC1(C(=O)O)CCCCCC1. The Labute approximate surface area is 86.0 Å². The van der Waals surface area contributed by atoms with Crippen LogP contribution in [-0.2, 0) is 4.79 Å². The highest BCUT2D eigenvalue weighted by Gasteiger charge is 2.37. The highest BCUT2D eigenvalue weighted by molar-refractivity contribution is 5.74. The van der Waals surface area contributed by atoms with E-state index in [4.69, 9.17) is 0 Å². The van der Waals surface area contributed by atoms with Gasteiger partial charge in [-0.15, -0.1) is 6.58 Å². The minimum atomic E-state index is -0.596. The fourth-order valence-electron chi connectivity index (χ4n) is 2.35. The molecule has 80 valence electrons. The molecule has 0 amide bonds. The van der Waals surface area contributed by atoms with Gasteiger partial charge in [-0.2, -0.15) is 0 Å². The molecule has 0 aromatic heterocycles. The topological polar surface area (TPSA) is 37.3 Å². The van der Waals surface area contributed by atoms with E-state index in [0.29, 0.717) is 0 Å². The molecule has 0 saturated heterocycles. The van der Waals surface area contributed by atoms with Crippen LogP contribution < -0.4 is 0 Å². The summed E-state index contributed by atoms with van der Waals surface area (Å²) in [7, 11) is 0. The van der Waals surface area contributed by atoms with Crippen molar-refractivity contribution in [2.45, 2.75) is 51.4 Å². The zero-order valence-corrected chi connectivity index (χ0v) is 8.80. The molecule has 0 aliphatic heterocycles. The zero-order chi connectivity index (χ0) is 10.4. The van der Waals surface area contributed by atoms with Crippen LogP contribution in [0, 0.1) is 5.41 Å². The molecule has 0 heterocycles. The summed E-state index contributed by atoms with van der Waals surface area (Å²) in [6, 6.07) is 0. The minimum Gasteiger partial charge on any atom is -0.481 e. The molecule has 1 aliphatic rings. The molecule has 0 unspecified atom stereocenters. The van der Waals surface area contributed by atoms with Gasteiger partial charge in [-0.3, -0.25) is 4.79 Å². The number of aliphatic carboxylic acids is 1. The van der Waals surface area contributed by atoms with Gasteiger partial charge in [0, 0.05) is 0 Å². The van der Waals surface area contributed by atoms with Crippen molar-refractivity contribution in [1.82, 2.24) is 0 Å². The Morgan fingerprint density at radius 3 is 2.29 bits per heavy atom. The van der Waals surface area contributed by atoms with E-state index in [0.717, 1.165) is 38.5 Å². The maximum atomic E-state index is 11.3. The Morgan fingerprint density at radius 2 is 1.86 bits per heavy atom. The number of allylic oxidation sites excluding steroid dienone is 1. The van der Waals surface area contributed by atoms with Gasteiger partial charge in [-0.1, -0.05) is 31.8 Å². The van der Waals surface area contributed by atoms with Crippen molar-refractivity contribution in [3.8, 4) is 0 Å². The smallest absolute Gasteiger partial charge is 0.309 e. The normalized spacial score (nSPS) is 21.1. The van der Waals surface area contributed by atoms with Crippen molar-refractivity contribution >= 4 is 5.97 Å². The third-order valence-corrected chi connectivity index (χ3v) is 3.34. The number of rotatable bonds is 4. The summed E-state index contributed by atoms with van der Waals surface area (Å²) in [4.78, 5) is 11.3. The zero-order valence-electron chi connectivity index (χ0n) is 8.80. The second-order valence-electron chi connectivity index (χ2n) is 4.33. The maximum absolute atomic E-state index is 11.3. The van der Waals surface area contributed by atoms with Gasteiger partial charge < -0.3 is 5.11 Å². The van der Waals surface area contributed by atoms with Gasteiger partial charge in [-0.25, -0.2) is 0 Å². The predicted octanol–water partition coefficient (Wildman–Crippen LogP) is 3.38. The van der Waals surface area contributed by atoms with E-state index in [1.807, 2.05) is 6.08 Å². The lowest BCUT2D eigenvalue weighted by molar-refractivity contribution is -0.150. The minimum absolute atomic E-state index is 0.440. The van der Waals surface area contributed by atoms with Crippen molar-refractivity contribution in [3.05, 3.63) is 12.7 Å². The van der Waals surface area contributed by atoms with Gasteiger partial charge in [0.2, 0.25) is 0 Å². The molecule has 0 aromatic carbocycles. The van der Waals surface area contributed by atoms with E-state index < -0.39 is 11.4 Å². The average Bonchev–Trinajstić information content (AvgIpc) is 2.41. The van der Waals surface area contributed by atoms with Crippen LogP contribution in [0.4, 0.5) is 0 Å². The lowest BCUT2D eigenvalue weighted by atomic mass is 9.76. The van der Waals surface area contributed by atoms with Crippen LogP contribution in [0.15, 0.2) is 12.7 Å². The van der Waals surface area contributed by atoms with Crippen LogP contribution in [0.1, 0.15) is 51.4 Å². The van der Waals surface area contributed by atoms with Crippen LogP contribution in [0.2, 0.25) is 0 Å². The van der Waals surface area contributed by atoms with E-state index in [1.165, 1.54) is 12.8 Å². The van der Waals surface area contributed by atoms with Gasteiger partial charge >= 0.3 is 5.97 Å². The Hall–Kier alpha value is -0.790. The van der Waals surface area contributed by atoms with Gasteiger partial charge in [0.1, 0.15) is 0 Å². The molecule has 1 saturated carbocycles. The third kappa shape index (κ3) is 2.60. The first-order valence-corrected chi connectivity index (χ1v) is 5.55. The molecule has 14 heavy (non-hydrogen) atoms. The van der Waals surface area contributed by atoms with Crippen LogP contribution >= 0.6 is 0 Å². The first-order chi connectivity index (χ1) is 6.71. The molecule has 2 heteroatoms. The maximum Gasteiger partial charge on any atom is 0.309 e. The van der Waals surface area contributed by atoms with Crippen LogP contribution in [0.5, 0.6) is 0 Å². The molecule has 0 aromatic rings. The number of hydrogen-bond acceptors (Lipinski definition) is 1. The molecule has 0 atom stereocenters. The Bertz CT molecular complexity index is 200. The van der Waals surface area contributed by atoms with E-state index in [1.54, 1.807) is 0 Å². The lowest BCUT2D eigenvalue weighted by Crippen LogP contribution is -2.30. The molecule has 1 N–H and O–H groups in total. The summed E-state index contributed by atoms with van der Waals surface area (Å²) in [6.07, 6.45) is 9.68. The molecular formula is C12H20O2. The van der Waals surface area contributed by atoms with E-state index in [-0.39, 0.29) is 0 Å². The highest BCUT2D eigenvalue weighted by Crippen LogP contribution is 2.39. The summed E-state index contributed by atoms with van der Waals surface area (Å²) in [5, 5.41) is 9.31. The number of carbonyl (C=O) groups is 1. The van der Waals surface area contributed by atoms with E-state index in [2.05, 4.69) is 6.58 Å². The highest BCUT2D eigenvalue weighted by atomic mass is 16.4. The van der Waals surface area contributed by atoms with Crippen molar-refractivity contribution < 1.29 is 9.90 Å². The van der Waals surface area contributed by atoms with Gasteiger partial charge in [0.25, 0.3) is 0 Å². The largest absolute Gasteiger partial charge is 0.481 e. The summed E-state index contributed by atoms with van der Waals surface area (Å²) < 4.78 is 0. The lowest BCUT2D eigenvalue weighted by Gasteiger charge is -2.27. The molecular weight excluding hydrogens is 176 g/mol. The summed E-state index contributed by atoms with van der Waals surface area (Å²) >= 11 is 0. The summed E-state index contributed by atoms with van der Waals surface area (Å²) in [5.41, 5.74) is -0.440. The van der Waals surface area contributed by atoms with Crippen molar-refractivity contribution in [1.29, 1.82) is 0 Å². The summed E-state index contributed by atoms with van der Waals surface area (Å²) in [6.45, 7) is 3.67. The molecule has 0 spiro atoms. The van der Waals surface area contributed by atoms with Crippen molar-refractivity contribution in [2.75, 3.05) is 0 Å². The molecule has 1 fully saturated rings. The van der Waals surface area contributed by atoms with E-state index in [9.17, 15) is 9.90 Å². The van der Waals surface area contributed by atoms with Gasteiger partial charge in [0.05, 0.1) is 5.41 Å². The Kier molecular flexibility index (Phi) is 4.18. The second-order valence-corrected chi connectivity index (χ2v) is 4.33. The van der Waals surface area contributed by atoms with Gasteiger partial charge in [0.15, 0.2) is 0 Å². The van der Waals surface area contributed by atoms with Crippen LogP contribution in [0.3, 0.4) is 0 Å². The predicted molar refractivity (Wildman–Crippen MR) is 57.2 cm³/mol. The molecule has 0 radical (unpaired) electrons. The molecule has 1 aliphatic carbocycles. The average molecular weight is 196 g/mol. The van der Waals surface area contributed by atoms with E-state index >= 15 is 0 Å². The first-order valence-electron chi connectivity index (χ1n) is 5.55. The van der Waals surface area contributed by atoms with Gasteiger partial charge in [-0.05, 0) is 25.7 Å². The second kappa shape index (κ2) is 5.18. The monoisotopic (exact) mass is 196 g/mol. The Balaban J connectivity index is 2.66. The van der Waals surface area contributed by atoms with Crippen LogP contribution in [-0.4, -0.2) is 11.1 Å². The fraction of sp³-hybridized carbons (Fsp3) is 0.750. The molecule has 2 nitrogen and oxygen atoms in total. The number of hydrogen-bond donors (Lipinski definition) is 1. The van der Waals surface area contributed by atoms with Crippen LogP contribution in [0.25, 0.3) is 0 Å². The van der Waals surface area contributed by atoms with Crippen molar-refractivity contribution in [2.24, 2.45) is 5.41 Å². The number of carboxylic acid groups (broad SMARTS) is 1. The summed E-state index contributed by atoms with van der Waals surface area (Å²) in [5.74, 6) is -0.596. The standard InChI is InChI=1S/C12H20O2/c1-2-3-8-12(11(13)14)9-6-4-5-7-10-12/h2H,1,3-10H2,(H,13,14). The molecule has 0 bridgehead atoms. The number of carboxylic acids is 1. The third-order valence-electron chi connectivity index (χ3n) is 3.34. The fourth-order valence-corrected chi connectivity index (χ4v) is 2.35. The van der Waals surface area contributed by atoms with Crippen molar-refractivity contribution in [3.63, 3.8) is 0 Å². The first kappa shape index (κ1) is 11.3. The quantitative estimate of drug-likeness (QED) is 0.553. The molecule has 1 rings (SSSR count).